The fourth-order valence-electron chi connectivity index (χ4n) is 8.31. The molecule has 3 atom stereocenters. The Kier molecular flexibility index (Phi) is 12.1. The Labute approximate surface area is 361 Å². The number of Topliss-reactive ketones (excluding diaryl/α,β-unsaturated/α-hetero) is 1. The minimum Gasteiger partial charge on any atom is -0.497 e. The van der Waals surface area contributed by atoms with Gasteiger partial charge in [-0.2, -0.15) is 9.97 Å². The van der Waals surface area contributed by atoms with Crippen molar-refractivity contribution in [3.8, 4) is 11.6 Å². The van der Waals surface area contributed by atoms with E-state index in [0.29, 0.717) is 30.8 Å². The Bertz CT molecular complexity index is 2640. The molecule has 62 heavy (non-hydrogen) atoms. The molecule has 0 spiro atoms. The number of ketones is 1. The van der Waals surface area contributed by atoms with Gasteiger partial charge in [-0.3, -0.25) is 4.79 Å². The Hall–Kier alpha value is -7.14. The van der Waals surface area contributed by atoms with Gasteiger partial charge in [-0.25, -0.2) is 4.98 Å². The molecule has 310 valence electrons. The average molecular weight is 822 g/mol. The molecule has 2 heterocycles. The fraction of sp³-hybridized carbons (Fsp3) is 0.192. The fourth-order valence-corrected chi connectivity index (χ4v) is 8.31. The number of hydrogen-bond acceptors (Lipinski definition) is 9. The molecular weight excluding hydrogens is 775 g/mol. The highest BCUT2D eigenvalue weighted by atomic mass is 16.5. The summed E-state index contributed by atoms with van der Waals surface area (Å²) in [6, 6.07) is 57.7. The van der Waals surface area contributed by atoms with Crippen molar-refractivity contribution in [2.24, 2.45) is 5.92 Å². The van der Waals surface area contributed by atoms with Crippen molar-refractivity contribution in [3.05, 3.63) is 216 Å². The number of nitrogens with one attached hydrogen (secondary N) is 1. The van der Waals surface area contributed by atoms with Crippen LogP contribution < -0.4 is 14.8 Å². The quantitative estimate of drug-likeness (QED) is 0.0899. The van der Waals surface area contributed by atoms with Crippen LogP contribution in [0.4, 0.5) is 5.95 Å². The maximum absolute atomic E-state index is 14.7. The van der Waals surface area contributed by atoms with E-state index in [4.69, 9.17) is 33.9 Å². The number of aromatic nitrogens is 4. The van der Waals surface area contributed by atoms with Gasteiger partial charge in [0.05, 0.1) is 51.3 Å². The number of rotatable bonds is 17. The van der Waals surface area contributed by atoms with Crippen LogP contribution in [-0.4, -0.2) is 45.1 Å². The van der Waals surface area contributed by atoms with Gasteiger partial charge >= 0.3 is 0 Å². The molecule has 8 aromatic rings. The molecular formula is C52H47N5O5. The molecule has 6 aromatic carbocycles. The molecule has 10 nitrogen and oxygen atoms in total. The van der Waals surface area contributed by atoms with E-state index in [2.05, 4.69) is 29.6 Å². The molecule has 2 aromatic heterocycles. The largest absolute Gasteiger partial charge is 0.497 e. The van der Waals surface area contributed by atoms with E-state index < -0.39 is 23.6 Å². The zero-order chi connectivity index (χ0) is 42.1. The van der Waals surface area contributed by atoms with Gasteiger partial charge in [-0.1, -0.05) is 164 Å². The van der Waals surface area contributed by atoms with Gasteiger partial charge in [0.1, 0.15) is 17.9 Å². The van der Waals surface area contributed by atoms with Crippen LogP contribution >= 0.6 is 0 Å². The molecule has 1 aliphatic carbocycles. The zero-order valence-corrected chi connectivity index (χ0v) is 34.4. The number of fused-ring (bicyclic) bond motifs is 1. The Balaban J connectivity index is 1.13. The summed E-state index contributed by atoms with van der Waals surface area (Å²) in [5.41, 5.74) is 5.81. The number of nitrogens with zero attached hydrogens (tertiary/aromatic N) is 4. The van der Waals surface area contributed by atoms with Crippen LogP contribution in [0.5, 0.6) is 11.6 Å². The number of carbonyl (C=O) groups is 1. The van der Waals surface area contributed by atoms with Crippen molar-refractivity contribution < 1.29 is 23.7 Å². The molecule has 0 aliphatic heterocycles. The summed E-state index contributed by atoms with van der Waals surface area (Å²) in [5, 5.41) is 3.81. The highest BCUT2D eigenvalue weighted by Gasteiger charge is 2.45. The maximum atomic E-state index is 14.7. The predicted molar refractivity (Wildman–Crippen MR) is 239 cm³/mol. The van der Waals surface area contributed by atoms with Crippen LogP contribution in [0, 0.1) is 5.92 Å². The lowest BCUT2D eigenvalue weighted by Gasteiger charge is -2.37. The Morgan fingerprint density at radius 2 is 1.18 bits per heavy atom. The Morgan fingerprint density at radius 3 is 1.76 bits per heavy atom. The molecule has 1 saturated carbocycles. The number of hydrogen-bond donors (Lipinski definition) is 1. The SMILES string of the molecule is COc1ccc(C(Nc2nc(OCc3ccccc3)c3ncn([C@@H]4C[C@@H](OCc5ccccc5)[C@H](COCc5ccccc5)C4=O)c3n2)(c2ccccc2)c2ccccc2)cc1. The Morgan fingerprint density at radius 1 is 0.645 bits per heavy atom. The van der Waals surface area contributed by atoms with Crippen molar-refractivity contribution in [1.82, 2.24) is 19.5 Å². The lowest BCUT2D eigenvalue weighted by atomic mass is 9.77. The van der Waals surface area contributed by atoms with Gasteiger partial charge in [-0.05, 0) is 45.5 Å². The van der Waals surface area contributed by atoms with E-state index in [0.717, 1.165) is 39.1 Å². The van der Waals surface area contributed by atoms with E-state index in [1.54, 1.807) is 13.4 Å². The number of methoxy groups -OCH3 is 1. The lowest BCUT2D eigenvalue weighted by molar-refractivity contribution is -0.127. The lowest BCUT2D eigenvalue weighted by Crippen LogP contribution is -2.38. The molecule has 1 aliphatic rings. The summed E-state index contributed by atoms with van der Waals surface area (Å²) >= 11 is 0. The van der Waals surface area contributed by atoms with E-state index in [-0.39, 0.29) is 30.8 Å². The molecule has 0 unspecified atom stereocenters. The number of ether oxygens (including phenoxy) is 4. The molecule has 0 radical (unpaired) electrons. The van der Waals surface area contributed by atoms with Crippen molar-refractivity contribution in [2.75, 3.05) is 19.0 Å². The minimum absolute atomic E-state index is 0.00329. The van der Waals surface area contributed by atoms with Crippen molar-refractivity contribution >= 4 is 22.9 Å². The average Bonchev–Trinajstić information content (AvgIpc) is 3.90. The van der Waals surface area contributed by atoms with Crippen LogP contribution in [0.2, 0.25) is 0 Å². The standard InChI is InChI=1S/C52H47N5O5/c1-59-43-29-27-42(28-30-43)52(40-23-13-5-14-24-40,41-25-15-6-16-26-41)56-51-54-49-47(50(55-51)62-34-39-21-11-4-12-22-39)53-36-57(49)45-31-46(61-33-38-19-9-3-10-20-38)44(48(45)58)35-60-32-37-17-7-2-8-18-37/h2-30,36,44-46H,31-35H2,1H3,(H,54,55,56)/t44-,45+,46+/m0/s1. The van der Waals surface area contributed by atoms with Gasteiger partial charge in [0, 0.05) is 6.42 Å². The van der Waals surface area contributed by atoms with Crippen LogP contribution in [-0.2, 0) is 39.6 Å². The normalized spacial score (nSPS) is 16.3. The zero-order valence-electron chi connectivity index (χ0n) is 34.4. The summed E-state index contributed by atoms with van der Waals surface area (Å²) in [5.74, 6) is 0.789. The number of carbonyl (C=O) groups excluding carboxylic acids is 1. The number of anilines is 1. The second kappa shape index (κ2) is 18.6. The maximum Gasteiger partial charge on any atom is 0.247 e. The van der Waals surface area contributed by atoms with Crippen LogP contribution in [0.1, 0.15) is 45.8 Å². The van der Waals surface area contributed by atoms with Crippen LogP contribution in [0.3, 0.4) is 0 Å². The van der Waals surface area contributed by atoms with Gasteiger partial charge < -0.3 is 28.8 Å². The second-order valence-corrected chi connectivity index (χ2v) is 15.4. The van der Waals surface area contributed by atoms with Gasteiger partial charge in [-0.15, -0.1) is 0 Å². The highest BCUT2D eigenvalue weighted by Crippen LogP contribution is 2.42. The molecule has 1 fully saturated rings. The first-order valence-electron chi connectivity index (χ1n) is 20.8. The van der Waals surface area contributed by atoms with E-state index in [1.807, 2.05) is 156 Å². The molecule has 0 amide bonds. The van der Waals surface area contributed by atoms with Crippen molar-refractivity contribution in [2.45, 2.75) is 43.9 Å². The minimum atomic E-state index is -0.981. The van der Waals surface area contributed by atoms with E-state index >= 15 is 0 Å². The van der Waals surface area contributed by atoms with Gasteiger partial charge in [0.15, 0.2) is 16.9 Å². The third kappa shape index (κ3) is 8.56. The first-order valence-corrected chi connectivity index (χ1v) is 20.8. The molecule has 9 rings (SSSR count). The smallest absolute Gasteiger partial charge is 0.247 e. The van der Waals surface area contributed by atoms with E-state index in [1.165, 1.54) is 0 Å². The van der Waals surface area contributed by atoms with Crippen LogP contribution in [0.25, 0.3) is 11.2 Å². The first kappa shape index (κ1) is 40.3. The monoisotopic (exact) mass is 821 g/mol. The summed E-state index contributed by atoms with van der Waals surface area (Å²) < 4.78 is 26.8. The summed E-state index contributed by atoms with van der Waals surface area (Å²) in [6.45, 7) is 1.21. The van der Waals surface area contributed by atoms with Crippen molar-refractivity contribution in [3.63, 3.8) is 0 Å². The predicted octanol–water partition coefficient (Wildman–Crippen LogP) is 9.75. The molecule has 0 bridgehead atoms. The third-order valence-electron chi connectivity index (χ3n) is 11.5. The van der Waals surface area contributed by atoms with Crippen molar-refractivity contribution in [1.29, 1.82) is 0 Å². The van der Waals surface area contributed by atoms with E-state index in [9.17, 15) is 4.79 Å². The molecule has 0 saturated heterocycles. The summed E-state index contributed by atoms with van der Waals surface area (Å²) in [4.78, 5) is 29.8. The molecule has 1 N–H and O–H groups in total. The number of benzene rings is 6. The molecule has 10 heteroatoms. The third-order valence-corrected chi connectivity index (χ3v) is 11.5. The number of imidazole rings is 1. The second-order valence-electron chi connectivity index (χ2n) is 15.4. The topological polar surface area (TPSA) is 110 Å². The van der Waals surface area contributed by atoms with Gasteiger partial charge in [0.2, 0.25) is 11.8 Å². The first-order chi connectivity index (χ1) is 30.6. The van der Waals surface area contributed by atoms with Crippen LogP contribution in [0.15, 0.2) is 182 Å². The highest BCUT2D eigenvalue weighted by molar-refractivity contribution is 5.90. The summed E-state index contributed by atoms with van der Waals surface area (Å²) in [6.07, 6.45) is 1.68. The summed E-state index contributed by atoms with van der Waals surface area (Å²) in [7, 11) is 1.66. The van der Waals surface area contributed by atoms with Gasteiger partial charge in [0.25, 0.3) is 0 Å².